The van der Waals surface area contributed by atoms with E-state index in [-0.39, 0.29) is 23.5 Å². The lowest BCUT2D eigenvalue weighted by atomic mass is 9.84. The highest BCUT2D eigenvalue weighted by Crippen LogP contribution is 2.48. The van der Waals surface area contributed by atoms with Gasteiger partial charge in [-0.15, -0.1) is 11.8 Å². The fourth-order valence-electron chi connectivity index (χ4n) is 4.01. The zero-order chi connectivity index (χ0) is 18.6. The van der Waals surface area contributed by atoms with Gasteiger partial charge in [-0.3, -0.25) is 5.01 Å². The van der Waals surface area contributed by atoms with E-state index in [9.17, 15) is 17.6 Å². The van der Waals surface area contributed by atoms with E-state index in [2.05, 4.69) is 5.10 Å². The molecule has 4 atom stereocenters. The summed E-state index contributed by atoms with van der Waals surface area (Å²) in [4.78, 5) is 0. The molecule has 2 aliphatic heterocycles. The first-order valence-corrected chi connectivity index (χ1v) is 9.82. The molecule has 2 heterocycles. The summed E-state index contributed by atoms with van der Waals surface area (Å²) in [5.41, 5.74) is 1.62. The Hall–Kier alpha value is -1.50. The van der Waals surface area contributed by atoms with E-state index in [0.717, 1.165) is 17.3 Å². The molecule has 0 aromatic rings. The summed E-state index contributed by atoms with van der Waals surface area (Å²) in [5, 5.41) is 4.79. The average molecular weight is 384 g/mol. The van der Waals surface area contributed by atoms with Crippen LogP contribution < -0.4 is 0 Å². The molecule has 0 aromatic heterocycles. The topological polar surface area (TPSA) is 15.6 Å². The molecular formula is C19H20F4N2S. The van der Waals surface area contributed by atoms with Crippen LogP contribution in [-0.2, 0) is 0 Å². The Morgan fingerprint density at radius 1 is 1.23 bits per heavy atom. The molecule has 4 rings (SSSR count). The fourth-order valence-corrected chi connectivity index (χ4v) is 5.45. The first-order valence-electron chi connectivity index (χ1n) is 8.77. The minimum atomic E-state index is -4.48. The highest BCUT2D eigenvalue weighted by Gasteiger charge is 2.55. The predicted molar refractivity (Wildman–Crippen MR) is 96.7 cm³/mol. The summed E-state index contributed by atoms with van der Waals surface area (Å²) in [6, 6.07) is -0.797. The van der Waals surface area contributed by atoms with Gasteiger partial charge in [-0.2, -0.15) is 18.3 Å². The number of hydrogen-bond acceptors (Lipinski definition) is 3. The van der Waals surface area contributed by atoms with Crippen LogP contribution >= 0.6 is 11.8 Å². The van der Waals surface area contributed by atoms with Gasteiger partial charge in [0.1, 0.15) is 5.83 Å². The van der Waals surface area contributed by atoms with Crippen LogP contribution in [0.4, 0.5) is 17.6 Å². The second-order valence-electron chi connectivity index (χ2n) is 7.27. The molecule has 7 heteroatoms. The Kier molecular flexibility index (Phi) is 4.33. The summed E-state index contributed by atoms with van der Waals surface area (Å²) in [6.45, 7) is 3.77. The molecule has 0 amide bonds. The second-order valence-corrected chi connectivity index (χ2v) is 8.40. The Morgan fingerprint density at radius 2 is 2.00 bits per heavy atom. The molecule has 0 saturated carbocycles. The number of nitrogens with zero attached hydrogens (tertiary/aromatic N) is 2. The van der Waals surface area contributed by atoms with Crippen molar-refractivity contribution in [3.05, 3.63) is 46.9 Å². The maximum atomic E-state index is 14.6. The molecule has 0 aromatic carbocycles. The molecule has 4 aliphatic rings. The normalized spacial score (nSPS) is 34.2. The number of rotatable bonds is 1. The van der Waals surface area contributed by atoms with Crippen LogP contribution in [0, 0.1) is 5.92 Å². The van der Waals surface area contributed by atoms with Crippen LogP contribution in [0.5, 0.6) is 0 Å². The van der Waals surface area contributed by atoms with Gasteiger partial charge < -0.3 is 0 Å². The molecule has 2 aliphatic carbocycles. The van der Waals surface area contributed by atoms with E-state index in [1.165, 1.54) is 0 Å². The van der Waals surface area contributed by atoms with Crippen molar-refractivity contribution in [1.82, 2.24) is 5.01 Å². The first kappa shape index (κ1) is 17.9. The van der Waals surface area contributed by atoms with Gasteiger partial charge in [0.2, 0.25) is 0 Å². The van der Waals surface area contributed by atoms with Crippen LogP contribution in [0.2, 0.25) is 0 Å². The van der Waals surface area contributed by atoms with Gasteiger partial charge in [0.25, 0.3) is 0 Å². The van der Waals surface area contributed by atoms with Crippen molar-refractivity contribution in [2.45, 2.75) is 50.2 Å². The van der Waals surface area contributed by atoms with Gasteiger partial charge in [0.15, 0.2) is 5.71 Å². The third-order valence-electron chi connectivity index (χ3n) is 5.44. The van der Waals surface area contributed by atoms with Gasteiger partial charge in [0, 0.05) is 11.7 Å². The SMILES string of the molecule is CC1=CCC(N2N=C(C(F)(F)F)C3SCC4=C(F)C(C)CC=C4C32)C=C1. The highest BCUT2D eigenvalue weighted by molar-refractivity contribution is 8.01. The van der Waals surface area contributed by atoms with Gasteiger partial charge in [-0.05, 0) is 30.9 Å². The fraction of sp³-hybridized carbons (Fsp3) is 0.526. The average Bonchev–Trinajstić information content (AvgIpc) is 2.99. The Morgan fingerprint density at radius 3 is 2.65 bits per heavy atom. The van der Waals surface area contributed by atoms with Crippen molar-refractivity contribution in [2.75, 3.05) is 5.75 Å². The van der Waals surface area contributed by atoms with Gasteiger partial charge in [-0.1, -0.05) is 36.8 Å². The van der Waals surface area contributed by atoms with Crippen molar-refractivity contribution in [2.24, 2.45) is 11.0 Å². The molecule has 0 radical (unpaired) electrons. The highest BCUT2D eigenvalue weighted by atomic mass is 32.2. The lowest BCUT2D eigenvalue weighted by molar-refractivity contribution is -0.0599. The quantitative estimate of drug-likeness (QED) is 0.580. The van der Waals surface area contributed by atoms with Crippen molar-refractivity contribution in [3.63, 3.8) is 0 Å². The van der Waals surface area contributed by atoms with Gasteiger partial charge >= 0.3 is 6.18 Å². The standard InChI is InChI=1S/C19H20F4N2S/c1-10-3-6-12(7-4-10)25-16-13-8-5-11(2)15(20)14(13)9-26-17(16)18(24-25)19(21,22)23/h3-4,6,8,11-12,16-17H,5,7,9H2,1-2H3. The number of hydrazone groups is 1. The Labute approximate surface area is 154 Å². The third-order valence-corrected chi connectivity index (χ3v) is 6.74. The van der Waals surface area contributed by atoms with Crippen molar-refractivity contribution in [3.8, 4) is 0 Å². The Balaban J connectivity index is 1.75. The van der Waals surface area contributed by atoms with Crippen LogP contribution in [0.3, 0.4) is 0 Å². The summed E-state index contributed by atoms with van der Waals surface area (Å²) in [7, 11) is 0. The molecular weight excluding hydrogens is 364 g/mol. The maximum absolute atomic E-state index is 14.6. The number of halogens is 4. The van der Waals surface area contributed by atoms with Crippen molar-refractivity contribution >= 4 is 17.5 Å². The molecule has 140 valence electrons. The van der Waals surface area contributed by atoms with Gasteiger partial charge in [0.05, 0.1) is 17.3 Å². The summed E-state index contributed by atoms with van der Waals surface area (Å²) < 4.78 is 55.4. The molecule has 0 spiro atoms. The summed E-state index contributed by atoms with van der Waals surface area (Å²) in [5.74, 6) is -0.112. The van der Waals surface area contributed by atoms with Crippen LogP contribution in [-0.4, -0.2) is 40.0 Å². The maximum Gasteiger partial charge on any atom is 0.432 e. The zero-order valence-corrected chi connectivity index (χ0v) is 15.4. The summed E-state index contributed by atoms with van der Waals surface area (Å²) in [6.07, 6.45) is 4.40. The number of alkyl halides is 3. The van der Waals surface area contributed by atoms with E-state index in [0.29, 0.717) is 24.0 Å². The van der Waals surface area contributed by atoms with E-state index in [1.54, 1.807) is 5.01 Å². The van der Waals surface area contributed by atoms with E-state index >= 15 is 0 Å². The molecule has 0 bridgehead atoms. The lowest BCUT2D eigenvalue weighted by Crippen LogP contribution is -2.47. The largest absolute Gasteiger partial charge is 0.432 e. The predicted octanol–water partition coefficient (Wildman–Crippen LogP) is 5.17. The van der Waals surface area contributed by atoms with Gasteiger partial charge in [-0.25, -0.2) is 4.39 Å². The minimum absolute atomic E-state index is 0.177. The zero-order valence-electron chi connectivity index (χ0n) is 14.6. The van der Waals surface area contributed by atoms with Crippen LogP contribution in [0.15, 0.2) is 52.0 Å². The lowest BCUT2D eigenvalue weighted by Gasteiger charge is -2.40. The monoisotopic (exact) mass is 384 g/mol. The smallest absolute Gasteiger partial charge is 0.281 e. The molecule has 1 saturated heterocycles. The first-order chi connectivity index (χ1) is 12.3. The van der Waals surface area contributed by atoms with Crippen LogP contribution in [0.1, 0.15) is 26.7 Å². The molecule has 4 unspecified atom stereocenters. The minimum Gasteiger partial charge on any atom is -0.281 e. The van der Waals surface area contributed by atoms with Crippen molar-refractivity contribution in [1.29, 1.82) is 0 Å². The number of allylic oxidation sites excluding steroid dienone is 4. The number of hydrogen-bond donors (Lipinski definition) is 0. The van der Waals surface area contributed by atoms with E-state index < -0.39 is 23.2 Å². The molecule has 1 fully saturated rings. The molecule has 2 nitrogen and oxygen atoms in total. The summed E-state index contributed by atoms with van der Waals surface area (Å²) >= 11 is 1.16. The number of thioether (sulfide) groups is 1. The van der Waals surface area contributed by atoms with E-state index in [4.69, 9.17) is 0 Å². The second kappa shape index (κ2) is 6.29. The molecule has 26 heavy (non-hydrogen) atoms. The Bertz CT molecular complexity index is 775. The molecule has 0 N–H and O–H groups in total. The third kappa shape index (κ3) is 2.84. The van der Waals surface area contributed by atoms with Crippen molar-refractivity contribution < 1.29 is 17.6 Å². The van der Waals surface area contributed by atoms with Crippen LogP contribution in [0.25, 0.3) is 0 Å². The number of fused-ring (bicyclic) bond motifs is 3. The van der Waals surface area contributed by atoms with E-state index in [1.807, 2.05) is 38.2 Å².